The van der Waals surface area contributed by atoms with E-state index in [0.29, 0.717) is 29.0 Å². The van der Waals surface area contributed by atoms with Gasteiger partial charge in [-0.25, -0.2) is 9.97 Å². The lowest BCUT2D eigenvalue weighted by atomic mass is 10.1. The summed E-state index contributed by atoms with van der Waals surface area (Å²) in [6, 6.07) is -0.460. The van der Waals surface area contributed by atoms with Crippen molar-refractivity contribution in [2.45, 2.75) is 25.8 Å². The zero-order valence-corrected chi connectivity index (χ0v) is 12.0. The van der Waals surface area contributed by atoms with E-state index in [-0.39, 0.29) is 11.8 Å². The van der Waals surface area contributed by atoms with E-state index in [9.17, 15) is 9.59 Å². The molecule has 1 aromatic rings. The van der Waals surface area contributed by atoms with Gasteiger partial charge in [-0.2, -0.15) is 0 Å². The second-order valence-corrected chi connectivity index (χ2v) is 4.86. The Kier molecular flexibility index (Phi) is 4.31. The third kappa shape index (κ3) is 3.19. The van der Waals surface area contributed by atoms with Gasteiger partial charge < -0.3 is 10.6 Å². The Morgan fingerprint density at radius 3 is 2.84 bits per heavy atom. The molecule has 1 saturated heterocycles. The Balaban J connectivity index is 2.13. The summed E-state index contributed by atoms with van der Waals surface area (Å²) in [6.45, 7) is 2.69. The summed E-state index contributed by atoms with van der Waals surface area (Å²) < 4.78 is 0.668. The average molecular weight is 328 g/mol. The summed E-state index contributed by atoms with van der Waals surface area (Å²) in [5.41, 5.74) is 0. The fraction of sp³-hybridized carbons (Fsp3) is 0.455. The van der Waals surface area contributed by atoms with Gasteiger partial charge >= 0.3 is 0 Å². The van der Waals surface area contributed by atoms with E-state index < -0.39 is 6.04 Å². The summed E-state index contributed by atoms with van der Waals surface area (Å²) in [5, 5.41) is 8.39. The summed E-state index contributed by atoms with van der Waals surface area (Å²) in [4.78, 5) is 30.9. The molecule has 7 nitrogen and oxygen atoms in total. The molecule has 1 aliphatic heterocycles. The van der Waals surface area contributed by atoms with Gasteiger partial charge in [0, 0.05) is 13.0 Å². The highest BCUT2D eigenvalue weighted by Gasteiger charge is 2.27. The molecule has 2 rings (SSSR count). The fourth-order valence-electron chi connectivity index (χ4n) is 1.76. The molecule has 0 spiro atoms. The molecule has 8 heteroatoms. The first-order valence-corrected chi connectivity index (χ1v) is 6.75. The van der Waals surface area contributed by atoms with Crippen LogP contribution in [0, 0.1) is 0 Å². The number of hydrogen-bond donors (Lipinski definition) is 3. The molecular weight excluding hydrogens is 314 g/mol. The highest BCUT2D eigenvalue weighted by Crippen LogP contribution is 2.27. The predicted molar refractivity (Wildman–Crippen MR) is 73.7 cm³/mol. The van der Waals surface area contributed by atoms with Gasteiger partial charge in [-0.3, -0.25) is 14.9 Å². The lowest BCUT2D eigenvalue weighted by Crippen LogP contribution is -2.47. The maximum Gasteiger partial charge on any atom is 0.249 e. The number of nitrogens with one attached hydrogen (secondary N) is 3. The van der Waals surface area contributed by atoms with Crippen molar-refractivity contribution in [1.82, 2.24) is 15.3 Å². The smallest absolute Gasteiger partial charge is 0.249 e. The minimum atomic E-state index is -0.460. The molecule has 2 amide bonds. The minimum Gasteiger partial charge on any atom is -0.369 e. The molecule has 1 fully saturated rings. The number of amides is 2. The highest BCUT2D eigenvalue weighted by molar-refractivity contribution is 9.10. The van der Waals surface area contributed by atoms with Crippen molar-refractivity contribution >= 4 is 39.4 Å². The van der Waals surface area contributed by atoms with Crippen LogP contribution in [0.15, 0.2) is 10.8 Å². The van der Waals surface area contributed by atoms with Gasteiger partial charge in [0.2, 0.25) is 11.8 Å². The summed E-state index contributed by atoms with van der Waals surface area (Å²) in [7, 11) is 0. The molecule has 1 unspecified atom stereocenters. The van der Waals surface area contributed by atoms with Gasteiger partial charge in [-0.1, -0.05) is 0 Å². The number of carbonyl (C=O) groups is 2. The van der Waals surface area contributed by atoms with Crippen LogP contribution in [-0.4, -0.2) is 34.4 Å². The number of halogens is 1. The van der Waals surface area contributed by atoms with Crippen molar-refractivity contribution in [2.24, 2.45) is 0 Å². The second-order valence-electron chi connectivity index (χ2n) is 4.06. The second kappa shape index (κ2) is 5.96. The third-order valence-electron chi connectivity index (χ3n) is 2.68. The highest BCUT2D eigenvalue weighted by atomic mass is 79.9. The summed E-state index contributed by atoms with van der Waals surface area (Å²) in [5.74, 6) is 0.623. The van der Waals surface area contributed by atoms with E-state index in [0.717, 1.165) is 6.54 Å². The molecule has 0 saturated carbocycles. The lowest BCUT2D eigenvalue weighted by molar-refractivity contribution is -0.133. The molecule has 0 radical (unpaired) electrons. The number of imide groups is 1. The fourth-order valence-corrected chi connectivity index (χ4v) is 2.22. The first-order valence-electron chi connectivity index (χ1n) is 5.96. The molecule has 2 heterocycles. The number of aromatic nitrogens is 2. The van der Waals surface area contributed by atoms with Gasteiger partial charge in [-0.05, 0) is 29.3 Å². The molecule has 1 aromatic heterocycles. The van der Waals surface area contributed by atoms with Crippen LogP contribution in [0.5, 0.6) is 0 Å². The first-order chi connectivity index (χ1) is 9.11. The SMILES string of the molecule is CCNc1ncnc(NC2CCC(=O)NC2=O)c1Br. The van der Waals surface area contributed by atoms with Crippen molar-refractivity contribution in [1.29, 1.82) is 0 Å². The van der Waals surface area contributed by atoms with E-state index in [2.05, 4.69) is 41.8 Å². The van der Waals surface area contributed by atoms with E-state index in [4.69, 9.17) is 0 Å². The van der Waals surface area contributed by atoms with Crippen LogP contribution >= 0.6 is 15.9 Å². The Morgan fingerprint density at radius 1 is 1.42 bits per heavy atom. The van der Waals surface area contributed by atoms with Crippen LogP contribution in [0.2, 0.25) is 0 Å². The molecule has 1 aliphatic rings. The number of rotatable bonds is 4. The summed E-state index contributed by atoms with van der Waals surface area (Å²) >= 11 is 3.39. The zero-order chi connectivity index (χ0) is 13.8. The molecule has 102 valence electrons. The molecule has 0 aliphatic carbocycles. The molecule has 0 aromatic carbocycles. The van der Waals surface area contributed by atoms with Crippen molar-refractivity contribution < 1.29 is 9.59 Å². The van der Waals surface area contributed by atoms with Crippen LogP contribution in [0.25, 0.3) is 0 Å². The first kappa shape index (κ1) is 13.7. The Labute approximate surface area is 118 Å². The Bertz CT molecular complexity index is 508. The maximum absolute atomic E-state index is 11.7. The van der Waals surface area contributed by atoms with E-state index in [1.165, 1.54) is 6.33 Å². The molecular formula is C11H14BrN5O2. The van der Waals surface area contributed by atoms with Crippen molar-refractivity contribution in [3.63, 3.8) is 0 Å². The maximum atomic E-state index is 11.7. The normalized spacial score (nSPS) is 18.9. The van der Waals surface area contributed by atoms with Crippen molar-refractivity contribution in [3.05, 3.63) is 10.8 Å². The number of anilines is 2. The Morgan fingerprint density at radius 2 is 2.16 bits per heavy atom. The zero-order valence-electron chi connectivity index (χ0n) is 10.4. The predicted octanol–water partition coefficient (Wildman–Crippen LogP) is 0.888. The molecule has 19 heavy (non-hydrogen) atoms. The van der Waals surface area contributed by atoms with Crippen LogP contribution in [0.4, 0.5) is 11.6 Å². The monoisotopic (exact) mass is 327 g/mol. The van der Waals surface area contributed by atoms with Gasteiger partial charge in [-0.15, -0.1) is 0 Å². The van der Waals surface area contributed by atoms with E-state index in [1.807, 2.05) is 6.92 Å². The quantitative estimate of drug-likeness (QED) is 0.711. The lowest BCUT2D eigenvalue weighted by Gasteiger charge is -2.23. The molecule has 1 atom stereocenters. The van der Waals surface area contributed by atoms with Crippen molar-refractivity contribution in [3.8, 4) is 0 Å². The van der Waals surface area contributed by atoms with Gasteiger partial charge in [0.25, 0.3) is 0 Å². The van der Waals surface area contributed by atoms with Gasteiger partial charge in [0.15, 0.2) is 0 Å². The largest absolute Gasteiger partial charge is 0.369 e. The van der Waals surface area contributed by atoms with Crippen LogP contribution in [-0.2, 0) is 9.59 Å². The van der Waals surface area contributed by atoms with Crippen molar-refractivity contribution in [2.75, 3.05) is 17.2 Å². The summed E-state index contributed by atoms with van der Waals surface area (Å²) in [6.07, 6.45) is 2.20. The van der Waals surface area contributed by atoms with Crippen LogP contribution < -0.4 is 16.0 Å². The van der Waals surface area contributed by atoms with Crippen LogP contribution in [0.3, 0.4) is 0 Å². The standard InChI is InChI=1S/C11H14BrN5O2/c1-2-13-9-8(12)10(15-5-14-9)16-6-3-4-7(18)17-11(6)19/h5-6H,2-4H2,1H3,(H,17,18,19)(H2,13,14,15,16). The third-order valence-corrected chi connectivity index (χ3v) is 3.43. The molecule has 0 bridgehead atoms. The average Bonchev–Trinajstić information content (AvgIpc) is 2.37. The number of piperidine rings is 1. The van der Waals surface area contributed by atoms with E-state index in [1.54, 1.807) is 0 Å². The number of carbonyl (C=O) groups excluding carboxylic acids is 2. The number of nitrogens with zero attached hydrogens (tertiary/aromatic N) is 2. The van der Waals surface area contributed by atoms with Gasteiger partial charge in [0.1, 0.15) is 28.5 Å². The topological polar surface area (TPSA) is 96.0 Å². The molecule has 3 N–H and O–H groups in total. The minimum absolute atomic E-state index is 0.238. The van der Waals surface area contributed by atoms with E-state index >= 15 is 0 Å². The Hall–Kier alpha value is -1.70. The van der Waals surface area contributed by atoms with Crippen LogP contribution in [0.1, 0.15) is 19.8 Å². The van der Waals surface area contributed by atoms with Gasteiger partial charge in [0.05, 0.1) is 0 Å². The number of hydrogen-bond acceptors (Lipinski definition) is 6.